The summed E-state index contributed by atoms with van der Waals surface area (Å²) >= 11 is 1.11. The zero-order valence-electron chi connectivity index (χ0n) is 16.0. The molecule has 4 N–H and O–H groups in total. The summed E-state index contributed by atoms with van der Waals surface area (Å²) in [5, 5.41) is 18.8. The molecule has 0 spiro atoms. The summed E-state index contributed by atoms with van der Waals surface area (Å²) in [6, 6.07) is 17.2. The molecular formula is C22H20FNO5S. The number of aliphatic carboxylic acids is 1. The van der Waals surface area contributed by atoms with Gasteiger partial charge in [-0.3, -0.25) is 0 Å². The van der Waals surface area contributed by atoms with Crippen molar-refractivity contribution in [2.24, 2.45) is 0 Å². The van der Waals surface area contributed by atoms with E-state index in [1.807, 2.05) is 0 Å². The van der Waals surface area contributed by atoms with Crippen molar-refractivity contribution < 1.29 is 28.9 Å². The standard InChI is InChI=1S/C22H20FNO5S/c1-28-15-6-2-13(3-7-15)21(20(25)22(26)27)30-19-12-17(10-11-18(19)24)29-16-8-4-14(23)5-9-16/h2-12,20-21,25H,24H2,1H3,(H,26,27)/t20-,21?/m1/s1. The molecule has 156 valence electrons. The molecule has 0 radical (unpaired) electrons. The van der Waals surface area contributed by atoms with E-state index in [2.05, 4.69) is 0 Å². The number of aliphatic hydroxyl groups is 1. The van der Waals surface area contributed by atoms with Gasteiger partial charge in [0.1, 0.15) is 23.1 Å². The van der Waals surface area contributed by atoms with E-state index in [4.69, 9.17) is 15.2 Å². The van der Waals surface area contributed by atoms with Crippen LogP contribution in [0.2, 0.25) is 0 Å². The van der Waals surface area contributed by atoms with Crippen molar-refractivity contribution in [1.29, 1.82) is 0 Å². The molecule has 30 heavy (non-hydrogen) atoms. The molecule has 0 bridgehead atoms. The molecule has 0 saturated carbocycles. The van der Waals surface area contributed by atoms with E-state index in [1.54, 1.807) is 42.5 Å². The van der Waals surface area contributed by atoms with Crippen molar-refractivity contribution in [3.05, 3.63) is 78.1 Å². The first-order valence-corrected chi connectivity index (χ1v) is 9.80. The Hall–Kier alpha value is -3.23. The van der Waals surface area contributed by atoms with E-state index < -0.39 is 17.3 Å². The highest BCUT2D eigenvalue weighted by Gasteiger charge is 2.29. The SMILES string of the molecule is COc1ccc(C(Sc2cc(Oc3ccc(F)cc3)ccc2N)[C@@H](O)C(=O)O)cc1. The lowest BCUT2D eigenvalue weighted by Gasteiger charge is -2.21. The number of hydrogen-bond donors (Lipinski definition) is 3. The van der Waals surface area contributed by atoms with Crippen LogP contribution < -0.4 is 15.2 Å². The first kappa shape index (κ1) is 21.5. The number of halogens is 1. The summed E-state index contributed by atoms with van der Waals surface area (Å²) in [5.41, 5.74) is 7.08. The number of thioether (sulfide) groups is 1. The smallest absolute Gasteiger partial charge is 0.334 e. The molecule has 3 aromatic carbocycles. The number of ether oxygens (including phenoxy) is 2. The topological polar surface area (TPSA) is 102 Å². The highest BCUT2D eigenvalue weighted by molar-refractivity contribution is 7.99. The Morgan fingerprint density at radius 1 is 1.00 bits per heavy atom. The van der Waals surface area contributed by atoms with Gasteiger partial charge in [0.15, 0.2) is 6.10 Å². The normalized spacial score (nSPS) is 12.8. The van der Waals surface area contributed by atoms with Gasteiger partial charge in [0.05, 0.1) is 12.4 Å². The van der Waals surface area contributed by atoms with E-state index in [1.165, 1.54) is 31.4 Å². The van der Waals surface area contributed by atoms with E-state index in [-0.39, 0.29) is 5.82 Å². The van der Waals surface area contributed by atoms with Gasteiger partial charge < -0.3 is 25.4 Å². The predicted molar refractivity (Wildman–Crippen MR) is 113 cm³/mol. The van der Waals surface area contributed by atoms with Crippen molar-refractivity contribution in [1.82, 2.24) is 0 Å². The number of carboxylic acids is 1. The molecule has 0 heterocycles. The molecule has 2 atom stereocenters. The van der Waals surface area contributed by atoms with Gasteiger partial charge in [0.25, 0.3) is 0 Å². The molecule has 3 aromatic rings. The number of benzene rings is 3. The summed E-state index contributed by atoms with van der Waals surface area (Å²) in [5.74, 6) is -0.228. The maximum Gasteiger partial charge on any atom is 0.334 e. The molecule has 0 aliphatic rings. The van der Waals surface area contributed by atoms with Gasteiger partial charge in [0, 0.05) is 10.6 Å². The molecule has 0 fully saturated rings. The Bertz CT molecular complexity index is 1010. The Labute approximate surface area is 177 Å². The first-order valence-electron chi connectivity index (χ1n) is 8.92. The molecule has 3 rings (SSSR count). The summed E-state index contributed by atoms with van der Waals surface area (Å²) in [6.45, 7) is 0. The molecule has 0 aliphatic heterocycles. The van der Waals surface area contributed by atoms with E-state index in [9.17, 15) is 19.4 Å². The van der Waals surface area contributed by atoms with Crippen LogP contribution in [-0.2, 0) is 4.79 Å². The number of nitrogen functional groups attached to an aromatic ring is 1. The highest BCUT2D eigenvalue weighted by Crippen LogP contribution is 2.42. The number of nitrogens with two attached hydrogens (primary N) is 1. The van der Waals surface area contributed by atoms with Crippen LogP contribution in [0.15, 0.2) is 71.6 Å². The summed E-state index contributed by atoms with van der Waals surface area (Å²) < 4.78 is 23.9. The van der Waals surface area contributed by atoms with Gasteiger partial charge in [-0.15, -0.1) is 11.8 Å². The summed E-state index contributed by atoms with van der Waals surface area (Å²) in [7, 11) is 1.53. The number of anilines is 1. The number of methoxy groups -OCH3 is 1. The van der Waals surface area contributed by atoms with Gasteiger partial charge in [-0.2, -0.15) is 0 Å². The number of carboxylic acid groups (broad SMARTS) is 1. The molecule has 6 nitrogen and oxygen atoms in total. The van der Waals surface area contributed by atoms with Crippen LogP contribution in [0.1, 0.15) is 10.8 Å². The summed E-state index contributed by atoms with van der Waals surface area (Å²) in [6.07, 6.45) is -1.66. The minimum Gasteiger partial charge on any atom is -0.497 e. The fourth-order valence-electron chi connectivity index (χ4n) is 2.69. The quantitative estimate of drug-likeness (QED) is 0.358. The van der Waals surface area contributed by atoms with Crippen molar-refractivity contribution in [3.8, 4) is 17.2 Å². The van der Waals surface area contributed by atoms with Crippen LogP contribution in [0.25, 0.3) is 0 Å². The lowest BCUT2D eigenvalue weighted by Crippen LogP contribution is -2.26. The Balaban J connectivity index is 1.89. The average molecular weight is 429 g/mol. The molecule has 8 heteroatoms. The van der Waals surface area contributed by atoms with E-state index in [0.717, 1.165) is 11.8 Å². The van der Waals surface area contributed by atoms with Crippen LogP contribution in [0.4, 0.5) is 10.1 Å². The van der Waals surface area contributed by atoms with Gasteiger partial charge in [-0.05, 0) is 60.2 Å². The Kier molecular flexibility index (Phi) is 6.81. The lowest BCUT2D eigenvalue weighted by molar-refractivity contribution is -0.146. The van der Waals surface area contributed by atoms with Crippen molar-refractivity contribution in [2.45, 2.75) is 16.2 Å². The molecule has 0 aromatic heterocycles. The molecular weight excluding hydrogens is 409 g/mol. The molecule has 0 amide bonds. The van der Waals surface area contributed by atoms with Crippen molar-refractivity contribution in [3.63, 3.8) is 0 Å². The van der Waals surface area contributed by atoms with Crippen LogP contribution in [0.3, 0.4) is 0 Å². The van der Waals surface area contributed by atoms with Crippen LogP contribution in [0, 0.1) is 5.82 Å². The Morgan fingerprint density at radius 3 is 2.20 bits per heavy atom. The zero-order chi connectivity index (χ0) is 21.7. The fraction of sp³-hybridized carbons (Fsp3) is 0.136. The van der Waals surface area contributed by atoms with Crippen LogP contribution in [-0.4, -0.2) is 29.4 Å². The predicted octanol–water partition coefficient (Wildman–Crippen LogP) is 4.49. The third-order valence-electron chi connectivity index (χ3n) is 4.27. The van der Waals surface area contributed by atoms with Crippen LogP contribution in [0.5, 0.6) is 17.2 Å². The Morgan fingerprint density at radius 2 is 1.60 bits per heavy atom. The summed E-state index contributed by atoms with van der Waals surface area (Å²) in [4.78, 5) is 12.0. The van der Waals surface area contributed by atoms with Crippen molar-refractivity contribution in [2.75, 3.05) is 12.8 Å². The minimum atomic E-state index is -1.66. The number of hydrogen-bond acceptors (Lipinski definition) is 6. The monoisotopic (exact) mass is 429 g/mol. The number of carbonyl (C=O) groups is 1. The first-order chi connectivity index (χ1) is 14.4. The van der Waals surface area contributed by atoms with Crippen LogP contribution >= 0.6 is 11.8 Å². The minimum absolute atomic E-state index is 0.374. The average Bonchev–Trinajstić information content (AvgIpc) is 2.75. The van der Waals surface area contributed by atoms with Gasteiger partial charge in [-0.1, -0.05) is 12.1 Å². The van der Waals surface area contributed by atoms with Gasteiger partial charge >= 0.3 is 5.97 Å². The molecule has 0 saturated heterocycles. The van der Waals surface area contributed by atoms with Gasteiger partial charge in [-0.25, -0.2) is 9.18 Å². The molecule has 0 aliphatic carbocycles. The molecule has 1 unspecified atom stereocenters. The maximum absolute atomic E-state index is 13.1. The fourth-order valence-corrected chi connectivity index (χ4v) is 3.89. The number of aliphatic hydroxyl groups excluding tert-OH is 1. The second-order valence-corrected chi connectivity index (χ2v) is 7.53. The van der Waals surface area contributed by atoms with E-state index >= 15 is 0 Å². The largest absolute Gasteiger partial charge is 0.497 e. The third-order valence-corrected chi connectivity index (χ3v) is 5.66. The second kappa shape index (κ2) is 9.51. The lowest BCUT2D eigenvalue weighted by atomic mass is 10.1. The van der Waals surface area contributed by atoms with Crippen molar-refractivity contribution >= 4 is 23.4 Å². The van der Waals surface area contributed by atoms with Gasteiger partial charge in [0.2, 0.25) is 0 Å². The third kappa shape index (κ3) is 5.22. The highest BCUT2D eigenvalue weighted by atomic mass is 32.2. The second-order valence-electron chi connectivity index (χ2n) is 6.35. The number of rotatable bonds is 8. The maximum atomic E-state index is 13.1. The van der Waals surface area contributed by atoms with E-state index in [0.29, 0.717) is 33.4 Å². The zero-order valence-corrected chi connectivity index (χ0v) is 16.8.